The van der Waals surface area contributed by atoms with Gasteiger partial charge in [-0.15, -0.1) is 24.0 Å². The summed E-state index contributed by atoms with van der Waals surface area (Å²) in [5.74, 6) is 3.50. The zero-order valence-corrected chi connectivity index (χ0v) is 20.3. The fraction of sp³-hybridized carbons (Fsp3) is 0.900. The van der Waals surface area contributed by atoms with Crippen molar-refractivity contribution in [3.05, 3.63) is 0 Å². The Morgan fingerprint density at radius 2 is 1.79 bits per heavy atom. The van der Waals surface area contributed by atoms with Crippen molar-refractivity contribution in [2.24, 2.45) is 10.9 Å². The van der Waals surface area contributed by atoms with Gasteiger partial charge in [0.15, 0.2) is 5.96 Å². The van der Waals surface area contributed by atoms with Gasteiger partial charge in [0.1, 0.15) is 0 Å². The number of aliphatic imine (C=N–C) groups is 1. The summed E-state index contributed by atoms with van der Waals surface area (Å²) in [6, 6.07) is 0.359. The summed E-state index contributed by atoms with van der Waals surface area (Å²) in [4.78, 5) is 19.1. The van der Waals surface area contributed by atoms with Gasteiger partial charge in [-0.05, 0) is 38.5 Å². The van der Waals surface area contributed by atoms with Gasteiger partial charge < -0.3 is 20.6 Å². The van der Waals surface area contributed by atoms with Crippen LogP contribution in [0.2, 0.25) is 0 Å². The van der Waals surface area contributed by atoms with E-state index in [9.17, 15) is 9.90 Å². The highest BCUT2D eigenvalue weighted by atomic mass is 127. The first-order valence-corrected chi connectivity index (χ1v) is 11.8. The van der Waals surface area contributed by atoms with Crippen LogP contribution in [0.25, 0.3) is 0 Å². The van der Waals surface area contributed by atoms with Crippen LogP contribution in [0.3, 0.4) is 0 Å². The molecule has 0 spiro atoms. The van der Waals surface area contributed by atoms with Gasteiger partial charge >= 0.3 is 0 Å². The maximum absolute atomic E-state index is 12.7. The largest absolute Gasteiger partial charge is 0.388 e. The highest BCUT2D eigenvalue weighted by Crippen LogP contribution is 2.28. The van der Waals surface area contributed by atoms with Crippen molar-refractivity contribution < 1.29 is 9.90 Å². The van der Waals surface area contributed by atoms with Crippen LogP contribution in [0.5, 0.6) is 0 Å². The molecule has 162 valence electrons. The smallest absolute Gasteiger partial charge is 0.225 e. The van der Waals surface area contributed by atoms with Crippen molar-refractivity contribution in [3.63, 3.8) is 0 Å². The predicted molar refractivity (Wildman–Crippen MR) is 128 cm³/mol. The molecular formula is C20H37IN4O2S. The molecule has 0 aromatic heterocycles. The maximum atomic E-state index is 12.7. The Hall–Kier alpha value is -0.220. The molecule has 3 fully saturated rings. The third kappa shape index (κ3) is 6.93. The van der Waals surface area contributed by atoms with Crippen LogP contribution in [0, 0.1) is 5.92 Å². The summed E-state index contributed by atoms with van der Waals surface area (Å²) in [5.41, 5.74) is -0.591. The molecule has 1 amide bonds. The normalized spacial score (nSPS) is 28.2. The Labute approximate surface area is 191 Å². The lowest BCUT2D eigenvalue weighted by Gasteiger charge is -2.35. The average Bonchev–Trinajstić information content (AvgIpc) is 2.72. The summed E-state index contributed by atoms with van der Waals surface area (Å²) >= 11 is 1.95. The number of nitrogens with one attached hydrogen (secondary N) is 2. The number of nitrogens with zero attached hydrogens (tertiary/aromatic N) is 2. The Balaban J connectivity index is 0.00000280. The van der Waals surface area contributed by atoms with Crippen molar-refractivity contribution in [3.8, 4) is 0 Å². The number of guanidine groups is 1. The number of halogens is 1. The lowest BCUT2D eigenvalue weighted by molar-refractivity contribution is -0.136. The number of rotatable bonds is 4. The molecule has 8 heteroatoms. The number of amides is 1. The highest BCUT2D eigenvalue weighted by Gasteiger charge is 2.31. The summed E-state index contributed by atoms with van der Waals surface area (Å²) < 4.78 is 0. The van der Waals surface area contributed by atoms with Crippen LogP contribution < -0.4 is 10.6 Å². The van der Waals surface area contributed by atoms with E-state index in [4.69, 9.17) is 0 Å². The Morgan fingerprint density at radius 1 is 1.14 bits per heavy atom. The zero-order valence-electron chi connectivity index (χ0n) is 17.1. The molecule has 2 aliphatic carbocycles. The SMILES string of the molecule is CN=C(NCC1(O)CCCCC1)NC1CCC(C(=O)N2CCSCC2)CC1.I. The third-order valence-electron chi connectivity index (χ3n) is 6.33. The molecule has 1 heterocycles. The summed E-state index contributed by atoms with van der Waals surface area (Å²) in [5, 5.41) is 17.5. The molecule has 3 rings (SSSR count). The van der Waals surface area contributed by atoms with Gasteiger partial charge in [-0.1, -0.05) is 19.3 Å². The van der Waals surface area contributed by atoms with Gasteiger partial charge in [0.05, 0.1) is 5.60 Å². The van der Waals surface area contributed by atoms with Crippen molar-refractivity contribution in [2.45, 2.75) is 69.4 Å². The first-order chi connectivity index (χ1) is 13.1. The number of hydrogen-bond acceptors (Lipinski definition) is 4. The lowest BCUT2D eigenvalue weighted by atomic mass is 9.84. The molecular weight excluding hydrogens is 487 g/mol. The molecule has 6 nitrogen and oxygen atoms in total. The van der Waals surface area contributed by atoms with Crippen molar-refractivity contribution in [1.82, 2.24) is 15.5 Å². The minimum Gasteiger partial charge on any atom is -0.388 e. The number of thioether (sulfide) groups is 1. The van der Waals surface area contributed by atoms with Gasteiger partial charge in [0.2, 0.25) is 5.91 Å². The summed E-state index contributed by atoms with van der Waals surface area (Å²) in [6.45, 7) is 2.40. The van der Waals surface area contributed by atoms with Crippen LogP contribution in [0.4, 0.5) is 0 Å². The Bertz CT molecular complexity index is 514. The summed E-state index contributed by atoms with van der Waals surface area (Å²) in [7, 11) is 1.78. The molecule has 0 aromatic carbocycles. The van der Waals surface area contributed by atoms with Crippen molar-refractivity contribution >= 4 is 47.6 Å². The zero-order chi connectivity index (χ0) is 19.1. The van der Waals surface area contributed by atoms with E-state index >= 15 is 0 Å². The van der Waals surface area contributed by atoms with Gasteiger partial charge in [-0.25, -0.2) is 0 Å². The van der Waals surface area contributed by atoms with Gasteiger partial charge in [-0.2, -0.15) is 11.8 Å². The van der Waals surface area contributed by atoms with Crippen LogP contribution >= 0.6 is 35.7 Å². The molecule has 3 aliphatic rings. The van der Waals surface area contributed by atoms with E-state index in [0.29, 0.717) is 18.5 Å². The van der Waals surface area contributed by atoms with Crippen molar-refractivity contribution in [2.75, 3.05) is 38.2 Å². The highest BCUT2D eigenvalue weighted by molar-refractivity contribution is 14.0. The van der Waals surface area contributed by atoms with Crippen LogP contribution in [-0.4, -0.2) is 71.7 Å². The number of aliphatic hydroxyl groups is 1. The van der Waals surface area contributed by atoms with E-state index in [1.807, 2.05) is 11.8 Å². The third-order valence-corrected chi connectivity index (χ3v) is 7.28. The second-order valence-electron chi connectivity index (χ2n) is 8.34. The molecule has 1 aliphatic heterocycles. The van der Waals surface area contributed by atoms with E-state index < -0.39 is 5.60 Å². The van der Waals surface area contributed by atoms with Crippen molar-refractivity contribution in [1.29, 1.82) is 0 Å². The molecule has 0 unspecified atom stereocenters. The first-order valence-electron chi connectivity index (χ1n) is 10.7. The molecule has 0 aromatic rings. The monoisotopic (exact) mass is 524 g/mol. The molecule has 28 heavy (non-hydrogen) atoms. The second kappa shape index (κ2) is 11.8. The maximum Gasteiger partial charge on any atom is 0.225 e. The van der Waals surface area contributed by atoms with E-state index in [1.54, 1.807) is 7.05 Å². The van der Waals surface area contributed by atoms with Gasteiger partial charge in [-0.3, -0.25) is 9.79 Å². The minimum absolute atomic E-state index is 0. The quantitative estimate of drug-likeness (QED) is 0.300. The van der Waals surface area contributed by atoms with E-state index in [0.717, 1.165) is 81.9 Å². The summed E-state index contributed by atoms with van der Waals surface area (Å²) in [6.07, 6.45) is 9.12. The lowest BCUT2D eigenvalue weighted by Crippen LogP contribution is -2.51. The Morgan fingerprint density at radius 3 is 2.39 bits per heavy atom. The van der Waals surface area contributed by atoms with Gasteiger partial charge in [0.25, 0.3) is 0 Å². The molecule has 3 N–H and O–H groups in total. The van der Waals surface area contributed by atoms with E-state index in [-0.39, 0.29) is 29.9 Å². The second-order valence-corrected chi connectivity index (χ2v) is 9.57. The van der Waals surface area contributed by atoms with Gasteiger partial charge in [0, 0.05) is 50.1 Å². The topological polar surface area (TPSA) is 77.0 Å². The minimum atomic E-state index is -0.591. The van der Waals surface area contributed by atoms with E-state index in [1.165, 1.54) is 6.42 Å². The fourth-order valence-corrected chi connectivity index (χ4v) is 5.45. The predicted octanol–water partition coefficient (Wildman–Crippen LogP) is 2.60. The fourth-order valence-electron chi connectivity index (χ4n) is 4.55. The molecule has 2 saturated carbocycles. The number of hydrogen-bond donors (Lipinski definition) is 3. The van der Waals surface area contributed by atoms with Crippen LogP contribution in [0.1, 0.15) is 57.8 Å². The standard InChI is InChI=1S/C20H36N4O2S.HI/c1-21-19(22-15-20(26)9-3-2-4-10-20)23-17-7-5-16(6-8-17)18(25)24-11-13-27-14-12-24;/h16-17,26H,2-15H2,1H3,(H2,21,22,23);1H. The molecule has 0 atom stereocenters. The first kappa shape index (κ1) is 24.1. The molecule has 0 radical (unpaired) electrons. The van der Waals surface area contributed by atoms with E-state index in [2.05, 4.69) is 20.5 Å². The number of carbonyl (C=O) groups excluding carboxylic acids is 1. The number of carbonyl (C=O) groups is 1. The average molecular weight is 525 g/mol. The molecule has 0 bridgehead atoms. The van der Waals surface area contributed by atoms with Crippen LogP contribution in [-0.2, 0) is 4.79 Å². The van der Waals surface area contributed by atoms with Crippen LogP contribution in [0.15, 0.2) is 4.99 Å². The molecule has 1 saturated heterocycles. The Kier molecular flexibility index (Phi) is 10.2.